The molecule has 23 heavy (non-hydrogen) atoms. The monoisotopic (exact) mass is 389 g/mol. The van der Waals surface area contributed by atoms with Crippen LogP contribution in [0.25, 0.3) is 0 Å². The van der Waals surface area contributed by atoms with E-state index in [1.807, 2.05) is 0 Å². The number of rotatable bonds is 4. The zero-order valence-corrected chi connectivity index (χ0v) is 17.8. The van der Waals surface area contributed by atoms with E-state index in [2.05, 4.69) is 4.28 Å². The molecule has 0 aromatic carbocycles. The minimum Gasteiger partial charge on any atom is -0.731 e. The number of fused-ring (bicyclic) bond motifs is 2. The molecule has 0 aromatic heterocycles. The molecule has 3 amide bonds. The number of nitrogens with zero attached hydrogens (tertiary/aromatic N) is 2. The fourth-order valence-corrected chi connectivity index (χ4v) is 3.06. The van der Waals surface area contributed by atoms with Gasteiger partial charge in [-0.1, -0.05) is 0 Å². The maximum Gasteiger partial charge on any atom is 0.346 e. The van der Waals surface area contributed by atoms with Crippen molar-refractivity contribution in [2.24, 2.45) is 0 Å². The molecular formula is C7H9N3Na2O9S2-2. The SMILES string of the molecule is O=C(NS(=O)(=O)[O-])[C@@H]1CC[C@@H]2CN1C(=O)N2OS(=O)(=O)[O-].[Na].[Na]. The maximum atomic E-state index is 11.9. The van der Waals surface area contributed by atoms with Crippen LogP contribution in [-0.4, -0.2) is 126 Å². The van der Waals surface area contributed by atoms with E-state index >= 15 is 0 Å². The normalized spacial score (nSPS) is 23.8. The van der Waals surface area contributed by atoms with Crippen LogP contribution in [0.1, 0.15) is 12.8 Å². The average molecular weight is 389 g/mol. The zero-order chi connectivity index (χ0) is 16.0. The van der Waals surface area contributed by atoms with Crippen LogP contribution in [0.3, 0.4) is 0 Å². The zero-order valence-electron chi connectivity index (χ0n) is 12.2. The van der Waals surface area contributed by atoms with Crippen LogP contribution in [0, 0.1) is 0 Å². The number of carbonyl (C=O) groups is 2. The molecule has 0 unspecified atom stereocenters. The Kier molecular flexibility index (Phi) is 8.45. The Bertz CT molecular complexity index is 681. The van der Waals surface area contributed by atoms with Gasteiger partial charge in [-0.05, 0) is 12.8 Å². The minimum absolute atomic E-state index is 0. The smallest absolute Gasteiger partial charge is 0.346 e. The minimum atomic E-state index is -5.16. The van der Waals surface area contributed by atoms with Gasteiger partial charge in [-0.3, -0.25) is 9.52 Å². The van der Waals surface area contributed by atoms with Crippen molar-refractivity contribution in [3.63, 3.8) is 0 Å². The average Bonchev–Trinajstić information content (AvgIpc) is 2.51. The van der Waals surface area contributed by atoms with Crippen molar-refractivity contribution in [3.8, 4) is 0 Å². The van der Waals surface area contributed by atoms with Crippen LogP contribution in [-0.2, 0) is 29.8 Å². The van der Waals surface area contributed by atoms with Crippen LogP contribution in [0.15, 0.2) is 0 Å². The first-order chi connectivity index (χ1) is 9.48. The van der Waals surface area contributed by atoms with Gasteiger partial charge in [0, 0.05) is 65.7 Å². The van der Waals surface area contributed by atoms with Gasteiger partial charge in [0.25, 0.3) is 5.91 Å². The Balaban J connectivity index is 0.00000242. The first-order valence-corrected chi connectivity index (χ1v) is 8.25. The molecule has 2 fully saturated rings. The van der Waals surface area contributed by atoms with E-state index in [0.29, 0.717) is 5.06 Å². The van der Waals surface area contributed by atoms with Gasteiger partial charge in [-0.15, -0.1) is 0 Å². The maximum absolute atomic E-state index is 11.9. The number of nitrogens with one attached hydrogen (secondary N) is 1. The third-order valence-electron chi connectivity index (χ3n) is 3.02. The molecule has 12 nitrogen and oxygen atoms in total. The molecule has 2 aliphatic heterocycles. The molecule has 2 radical (unpaired) electrons. The fourth-order valence-electron chi connectivity index (χ4n) is 2.29. The van der Waals surface area contributed by atoms with Crippen molar-refractivity contribution in [1.82, 2.24) is 14.7 Å². The molecule has 2 rings (SSSR count). The van der Waals surface area contributed by atoms with Crippen molar-refractivity contribution < 1.29 is 39.8 Å². The van der Waals surface area contributed by atoms with Gasteiger partial charge >= 0.3 is 6.03 Å². The summed E-state index contributed by atoms with van der Waals surface area (Å²) in [6.45, 7) is -0.134. The topological polar surface area (TPSA) is 176 Å². The quantitative estimate of drug-likeness (QED) is 0.290. The van der Waals surface area contributed by atoms with Crippen LogP contribution < -0.4 is 4.72 Å². The van der Waals surface area contributed by atoms with E-state index in [1.165, 1.54) is 4.72 Å². The predicted molar refractivity (Wildman–Crippen MR) is 70.9 cm³/mol. The van der Waals surface area contributed by atoms with Crippen LogP contribution >= 0.6 is 0 Å². The first kappa shape index (κ1) is 23.5. The second kappa shape index (κ2) is 8.27. The number of carbonyl (C=O) groups excluding carboxylic acids is 2. The molecule has 0 spiro atoms. The van der Waals surface area contributed by atoms with Gasteiger partial charge in [0.2, 0.25) is 10.4 Å². The molecular weight excluding hydrogens is 380 g/mol. The van der Waals surface area contributed by atoms with E-state index in [0.717, 1.165) is 4.90 Å². The van der Waals surface area contributed by atoms with Gasteiger partial charge < -0.3 is 14.0 Å². The van der Waals surface area contributed by atoms with E-state index in [-0.39, 0.29) is 78.5 Å². The molecule has 2 saturated heterocycles. The Labute approximate surface area is 176 Å². The van der Waals surface area contributed by atoms with Gasteiger partial charge in [0.1, 0.15) is 6.04 Å². The second-order valence-electron chi connectivity index (χ2n) is 4.41. The molecule has 2 bridgehead atoms. The van der Waals surface area contributed by atoms with Crippen molar-refractivity contribution >= 4 is 91.8 Å². The third kappa shape index (κ3) is 6.07. The number of hydroxylamine groups is 2. The van der Waals surface area contributed by atoms with Crippen LogP contribution in [0.5, 0.6) is 0 Å². The van der Waals surface area contributed by atoms with Gasteiger partial charge in [-0.2, -0.15) is 9.35 Å². The summed E-state index contributed by atoms with van der Waals surface area (Å²) < 4.78 is 68.2. The number of piperidine rings is 1. The largest absolute Gasteiger partial charge is 0.731 e. The van der Waals surface area contributed by atoms with E-state index in [4.69, 9.17) is 0 Å². The summed E-state index contributed by atoms with van der Waals surface area (Å²) in [4.78, 5) is 24.3. The summed E-state index contributed by atoms with van der Waals surface area (Å²) in [5.74, 6) is -1.20. The summed E-state index contributed by atoms with van der Waals surface area (Å²) in [5, 5.41) is 0.335. The van der Waals surface area contributed by atoms with E-state index in [9.17, 15) is 35.5 Å². The Morgan fingerprint density at radius 3 is 2.22 bits per heavy atom. The van der Waals surface area contributed by atoms with Crippen molar-refractivity contribution in [2.45, 2.75) is 24.9 Å². The fraction of sp³-hybridized carbons (Fsp3) is 0.714. The number of hydrogen-bond acceptors (Lipinski definition) is 9. The summed E-state index contributed by atoms with van der Waals surface area (Å²) >= 11 is 0. The van der Waals surface area contributed by atoms with E-state index in [1.54, 1.807) is 0 Å². The number of amides is 3. The predicted octanol–water partition coefficient (Wildman–Crippen LogP) is -3.54. The third-order valence-corrected chi connectivity index (χ3v) is 3.82. The summed E-state index contributed by atoms with van der Waals surface area (Å²) in [6, 6.07) is -3.09. The first-order valence-electron chi connectivity index (χ1n) is 5.50. The molecule has 16 heteroatoms. The molecule has 2 heterocycles. The van der Waals surface area contributed by atoms with Gasteiger partial charge in [0.15, 0.2) is 10.3 Å². The van der Waals surface area contributed by atoms with Gasteiger partial charge in [-0.25, -0.2) is 21.6 Å². The molecule has 2 aliphatic rings. The van der Waals surface area contributed by atoms with Crippen molar-refractivity contribution in [2.75, 3.05) is 6.54 Å². The van der Waals surface area contributed by atoms with Crippen molar-refractivity contribution in [3.05, 3.63) is 0 Å². The standard InChI is InChI=1S/C7H11N3O9S2.2Na/c11-6(8-20(13,14)15)5-2-1-4-3-9(5)7(12)10(4)19-21(16,17)18;;/h4-5H,1-3H2,(H,8,11)(H,13,14,15)(H,16,17,18);;/p-2/t4-,5+;;/m1../s1. The Hall–Kier alpha value is 0.520. The second-order valence-corrected chi connectivity index (χ2v) is 6.49. The Morgan fingerprint density at radius 1 is 1.17 bits per heavy atom. The number of hydrogen-bond donors (Lipinski definition) is 1. The molecule has 122 valence electrons. The molecule has 0 aromatic rings. The molecule has 2 atom stereocenters. The summed E-state index contributed by atoms with van der Waals surface area (Å²) in [6.07, 6.45) is 0.0747. The summed E-state index contributed by atoms with van der Waals surface area (Å²) in [5.41, 5.74) is 0. The van der Waals surface area contributed by atoms with Crippen molar-refractivity contribution in [1.29, 1.82) is 0 Å². The molecule has 1 N–H and O–H groups in total. The molecule has 0 aliphatic carbocycles. The Morgan fingerprint density at radius 2 is 1.74 bits per heavy atom. The number of urea groups is 1. The van der Waals surface area contributed by atoms with Gasteiger partial charge in [0.05, 0.1) is 6.04 Å². The van der Waals surface area contributed by atoms with Crippen LogP contribution in [0.4, 0.5) is 4.79 Å². The van der Waals surface area contributed by atoms with Crippen LogP contribution in [0.2, 0.25) is 0 Å². The van der Waals surface area contributed by atoms with E-state index < -0.39 is 44.7 Å². The summed E-state index contributed by atoms with van der Waals surface area (Å²) in [7, 11) is -10.2. The molecule has 0 saturated carbocycles.